The number of halogens is 1. The highest BCUT2D eigenvalue weighted by molar-refractivity contribution is 9.10. The van der Waals surface area contributed by atoms with E-state index in [1.807, 2.05) is 68.4 Å². The van der Waals surface area contributed by atoms with E-state index >= 15 is 0 Å². The normalized spacial score (nSPS) is 13.3. The van der Waals surface area contributed by atoms with Gasteiger partial charge in [-0.3, -0.25) is 13.9 Å². The van der Waals surface area contributed by atoms with Crippen LogP contribution in [0.4, 0.5) is 5.69 Å². The Morgan fingerprint density at radius 3 is 2.32 bits per heavy atom. The summed E-state index contributed by atoms with van der Waals surface area (Å²) in [7, 11) is -3.66. The SMILES string of the molecule is CC(C)CNC(=O)[C@H](Cc1ccccc1)N(Cc1cccc(Br)c1)C(=O)CCCN(c1ccc2c(c1)OCCO2)S(C)(=O)=O. The van der Waals surface area contributed by atoms with E-state index in [9.17, 15) is 18.0 Å². The van der Waals surface area contributed by atoms with Crippen molar-refractivity contribution < 1.29 is 27.5 Å². The maximum absolute atomic E-state index is 14.0. The number of fused-ring (bicyclic) bond motifs is 1. The Kier molecular flexibility index (Phi) is 11.7. The van der Waals surface area contributed by atoms with Gasteiger partial charge in [-0.05, 0) is 47.7 Å². The number of carbonyl (C=O) groups is 2. The number of benzene rings is 3. The van der Waals surface area contributed by atoms with Crippen molar-refractivity contribution in [1.82, 2.24) is 10.2 Å². The van der Waals surface area contributed by atoms with Gasteiger partial charge in [0.1, 0.15) is 19.3 Å². The Morgan fingerprint density at radius 2 is 1.64 bits per heavy atom. The van der Waals surface area contributed by atoms with E-state index in [2.05, 4.69) is 21.2 Å². The summed E-state index contributed by atoms with van der Waals surface area (Å²) in [6.45, 7) is 5.65. The summed E-state index contributed by atoms with van der Waals surface area (Å²) in [5.74, 6) is 0.830. The lowest BCUT2D eigenvalue weighted by molar-refractivity contribution is -0.141. The quantitative estimate of drug-likeness (QED) is 0.251. The van der Waals surface area contributed by atoms with Crippen LogP contribution in [0.15, 0.2) is 77.3 Å². The zero-order chi connectivity index (χ0) is 31.7. The van der Waals surface area contributed by atoms with E-state index in [-0.39, 0.29) is 43.7 Å². The molecule has 44 heavy (non-hydrogen) atoms. The van der Waals surface area contributed by atoms with Crippen LogP contribution in [0, 0.1) is 5.92 Å². The molecule has 3 aromatic carbocycles. The van der Waals surface area contributed by atoms with Gasteiger partial charge in [-0.25, -0.2) is 8.42 Å². The van der Waals surface area contributed by atoms with Gasteiger partial charge in [0.15, 0.2) is 11.5 Å². The van der Waals surface area contributed by atoms with Gasteiger partial charge in [0.25, 0.3) is 0 Å². The lowest BCUT2D eigenvalue weighted by Gasteiger charge is -2.32. The standard InChI is InChI=1S/C33H40BrN3O6S/c1-24(2)22-35-33(39)29(20-25-9-5-4-6-10-25)36(23-26-11-7-12-27(34)19-26)32(38)13-8-16-37(44(3,40)41)28-14-15-30-31(21-28)43-18-17-42-30/h4-7,9-12,14-15,19,21,24,29H,8,13,16-18,20,22-23H2,1-3H3,(H,35,39)/t29-/m0/s1. The maximum Gasteiger partial charge on any atom is 0.243 e. The molecule has 0 aromatic heterocycles. The van der Waals surface area contributed by atoms with Crippen LogP contribution in [0.3, 0.4) is 0 Å². The number of sulfonamides is 1. The molecule has 11 heteroatoms. The summed E-state index contributed by atoms with van der Waals surface area (Å²) in [5.41, 5.74) is 2.24. The number of carbonyl (C=O) groups excluding carboxylic acids is 2. The zero-order valence-electron chi connectivity index (χ0n) is 25.4. The molecule has 1 heterocycles. The predicted octanol–water partition coefficient (Wildman–Crippen LogP) is 5.18. The molecule has 1 atom stereocenters. The molecule has 0 spiro atoms. The van der Waals surface area contributed by atoms with Gasteiger partial charge in [-0.1, -0.05) is 72.2 Å². The fraction of sp³-hybridized carbons (Fsp3) is 0.394. The highest BCUT2D eigenvalue weighted by atomic mass is 79.9. The van der Waals surface area contributed by atoms with Gasteiger partial charge < -0.3 is 19.7 Å². The average molecular weight is 687 g/mol. The first-order chi connectivity index (χ1) is 21.0. The molecule has 0 unspecified atom stereocenters. The molecular weight excluding hydrogens is 646 g/mol. The van der Waals surface area contributed by atoms with Crippen molar-refractivity contribution >= 4 is 43.5 Å². The first-order valence-corrected chi connectivity index (χ1v) is 17.4. The number of rotatable bonds is 14. The van der Waals surface area contributed by atoms with Crippen molar-refractivity contribution in [3.05, 3.63) is 88.4 Å². The smallest absolute Gasteiger partial charge is 0.243 e. The van der Waals surface area contributed by atoms with Crippen LogP contribution in [0.1, 0.15) is 37.8 Å². The lowest BCUT2D eigenvalue weighted by atomic mass is 10.0. The first kappa shape index (κ1) is 33.3. The number of hydrogen-bond acceptors (Lipinski definition) is 6. The minimum absolute atomic E-state index is 0.0489. The van der Waals surface area contributed by atoms with Crippen LogP contribution >= 0.6 is 15.9 Å². The molecule has 0 bridgehead atoms. The molecule has 3 aromatic rings. The molecule has 0 saturated carbocycles. The lowest BCUT2D eigenvalue weighted by Crippen LogP contribution is -2.51. The minimum atomic E-state index is -3.66. The van der Waals surface area contributed by atoms with Gasteiger partial charge in [0, 0.05) is 43.0 Å². The summed E-state index contributed by atoms with van der Waals surface area (Å²) < 4.78 is 39.0. The molecule has 0 saturated heterocycles. The molecular formula is C33H40BrN3O6S. The van der Waals surface area contributed by atoms with E-state index < -0.39 is 16.1 Å². The largest absolute Gasteiger partial charge is 0.486 e. The Labute approximate surface area is 268 Å². The van der Waals surface area contributed by atoms with Gasteiger partial charge in [-0.15, -0.1) is 0 Å². The fourth-order valence-corrected chi connectivity index (χ4v) is 6.40. The summed E-state index contributed by atoms with van der Waals surface area (Å²) >= 11 is 3.51. The molecule has 1 aliphatic heterocycles. The zero-order valence-corrected chi connectivity index (χ0v) is 27.8. The van der Waals surface area contributed by atoms with Crippen LogP contribution in [-0.2, 0) is 32.6 Å². The molecule has 4 rings (SSSR count). The van der Waals surface area contributed by atoms with Gasteiger partial charge >= 0.3 is 0 Å². The van der Waals surface area contributed by atoms with Crippen LogP contribution in [-0.4, -0.2) is 63.7 Å². The Bertz CT molecular complexity index is 1530. The number of hydrogen-bond donors (Lipinski definition) is 1. The maximum atomic E-state index is 14.0. The molecule has 0 aliphatic carbocycles. The van der Waals surface area contributed by atoms with Crippen molar-refractivity contribution in [3.8, 4) is 11.5 Å². The second kappa shape index (κ2) is 15.4. The molecule has 1 N–H and O–H groups in total. The molecule has 2 amide bonds. The first-order valence-electron chi connectivity index (χ1n) is 14.7. The van der Waals surface area contributed by atoms with Crippen molar-refractivity contribution in [3.63, 3.8) is 0 Å². The third-order valence-electron chi connectivity index (χ3n) is 7.16. The van der Waals surface area contributed by atoms with Crippen LogP contribution in [0.5, 0.6) is 11.5 Å². The van der Waals surface area contributed by atoms with Crippen molar-refractivity contribution in [1.29, 1.82) is 0 Å². The van der Waals surface area contributed by atoms with E-state index in [0.717, 1.165) is 21.9 Å². The molecule has 1 aliphatic rings. The van der Waals surface area contributed by atoms with E-state index in [1.54, 1.807) is 23.1 Å². The summed E-state index contributed by atoms with van der Waals surface area (Å²) in [6, 6.07) is 21.5. The number of amides is 2. The average Bonchev–Trinajstić information content (AvgIpc) is 2.99. The number of anilines is 1. The minimum Gasteiger partial charge on any atom is -0.486 e. The third-order valence-corrected chi connectivity index (χ3v) is 8.85. The van der Waals surface area contributed by atoms with Gasteiger partial charge in [-0.2, -0.15) is 0 Å². The number of nitrogens with one attached hydrogen (secondary N) is 1. The topological polar surface area (TPSA) is 105 Å². The molecule has 9 nitrogen and oxygen atoms in total. The van der Waals surface area contributed by atoms with E-state index in [0.29, 0.717) is 43.4 Å². The molecule has 0 radical (unpaired) electrons. The van der Waals surface area contributed by atoms with Gasteiger partial charge in [0.2, 0.25) is 21.8 Å². The Morgan fingerprint density at radius 1 is 0.932 bits per heavy atom. The summed E-state index contributed by atoms with van der Waals surface area (Å²) in [5, 5.41) is 3.02. The summed E-state index contributed by atoms with van der Waals surface area (Å²) in [6.07, 6.45) is 1.78. The Balaban J connectivity index is 1.57. The monoisotopic (exact) mass is 685 g/mol. The van der Waals surface area contributed by atoms with Crippen molar-refractivity contribution in [2.45, 2.75) is 45.7 Å². The highest BCUT2D eigenvalue weighted by Crippen LogP contribution is 2.35. The van der Waals surface area contributed by atoms with Crippen LogP contribution < -0.4 is 19.1 Å². The van der Waals surface area contributed by atoms with Crippen LogP contribution in [0.25, 0.3) is 0 Å². The van der Waals surface area contributed by atoms with E-state index in [1.165, 1.54) is 4.31 Å². The molecule has 236 valence electrons. The van der Waals surface area contributed by atoms with E-state index in [4.69, 9.17) is 9.47 Å². The number of nitrogens with zero attached hydrogens (tertiary/aromatic N) is 2. The Hall–Kier alpha value is -3.57. The number of ether oxygens (including phenoxy) is 2. The highest BCUT2D eigenvalue weighted by Gasteiger charge is 2.31. The van der Waals surface area contributed by atoms with Crippen molar-refractivity contribution in [2.75, 3.05) is 36.9 Å². The van der Waals surface area contributed by atoms with Crippen LogP contribution in [0.2, 0.25) is 0 Å². The fourth-order valence-electron chi connectivity index (χ4n) is 5.00. The van der Waals surface area contributed by atoms with Crippen molar-refractivity contribution in [2.24, 2.45) is 5.92 Å². The predicted molar refractivity (Wildman–Crippen MR) is 175 cm³/mol. The molecule has 0 fully saturated rings. The van der Waals surface area contributed by atoms with Gasteiger partial charge in [0.05, 0.1) is 11.9 Å². The second-order valence-corrected chi connectivity index (χ2v) is 14.1. The summed E-state index contributed by atoms with van der Waals surface area (Å²) in [4.78, 5) is 29.3. The second-order valence-electron chi connectivity index (χ2n) is 11.3. The third kappa shape index (κ3) is 9.46.